The molecule has 19 heavy (non-hydrogen) atoms. The Labute approximate surface area is 116 Å². The standard InChI is InChI=1S/C17H25NO/c1-13-9-10-18(12-17(13)19)11-15-7-4-6-14-5-2-3-8-16(14)15/h2-3,5,8,13,15,17,19H,4,6-7,9-12H2,1H3. The molecule has 0 spiro atoms. The molecule has 0 radical (unpaired) electrons. The van der Waals surface area contributed by atoms with Crippen LogP contribution in [-0.4, -0.2) is 35.7 Å². The molecule has 2 heteroatoms. The third-order valence-corrected chi connectivity index (χ3v) is 4.97. The summed E-state index contributed by atoms with van der Waals surface area (Å²) in [6.07, 6.45) is 4.86. The fourth-order valence-corrected chi connectivity index (χ4v) is 3.64. The number of aliphatic hydroxyl groups is 1. The molecule has 1 aromatic rings. The van der Waals surface area contributed by atoms with Crippen molar-refractivity contribution in [2.45, 2.75) is 44.6 Å². The largest absolute Gasteiger partial charge is 0.392 e. The van der Waals surface area contributed by atoms with Crippen LogP contribution in [0.1, 0.15) is 43.2 Å². The summed E-state index contributed by atoms with van der Waals surface area (Å²) in [5.41, 5.74) is 3.10. The molecule has 0 aromatic heterocycles. The van der Waals surface area contributed by atoms with Gasteiger partial charge in [-0.3, -0.25) is 0 Å². The van der Waals surface area contributed by atoms with Gasteiger partial charge in [-0.1, -0.05) is 31.2 Å². The first-order chi connectivity index (χ1) is 9.24. The summed E-state index contributed by atoms with van der Waals surface area (Å²) in [5.74, 6) is 1.14. The normalized spacial score (nSPS) is 32.0. The number of rotatable bonds is 2. The van der Waals surface area contributed by atoms with Gasteiger partial charge in [-0.05, 0) is 55.2 Å². The molecule has 3 unspecified atom stereocenters. The van der Waals surface area contributed by atoms with Gasteiger partial charge in [0, 0.05) is 13.1 Å². The maximum Gasteiger partial charge on any atom is 0.0693 e. The van der Waals surface area contributed by atoms with Gasteiger partial charge in [0.2, 0.25) is 0 Å². The van der Waals surface area contributed by atoms with Crippen molar-refractivity contribution >= 4 is 0 Å². The second-order valence-corrected chi connectivity index (χ2v) is 6.38. The number of aliphatic hydroxyl groups excluding tert-OH is 1. The molecule has 2 nitrogen and oxygen atoms in total. The highest BCUT2D eigenvalue weighted by Crippen LogP contribution is 2.32. The van der Waals surface area contributed by atoms with Crippen LogP contribution in [0.5, 0.6) is 0 Å². The van der Waals surface area contributed by atoms with Gasteiger partial charge < -0.3 is 10.0 Å². The number of benzene rings is 1. The average Bonchev–Trinajstić information content (AvgIpc) is 2.43. The van der Waals surface area contributed by atoms with Crippen LogP contribution in [0.4, 0.5) is 0 Å². The summed E-state index contributed by atoms with van der Waals surface area (Å²) in [6.45, 7) is 5.30. The third kappa shape index (κ3) is 2.85. The highest BCUT2D eigenvalue weighted by Gasteiger charge is 2.27. The molecule has 0 amide bonds. The number of β-amino-alcohol motifs (C(OH)–C–C–N with tert-alkyl or cyclic N) is 1. The van der Waals surface area contributed by atoms with E-state index in [-0.39, 0.29) is 6.10 Å². The fraction of sp³-hybridized carbons (Fsp3) is 0.647. The van der Waals surface area contributed by atoms with Crippen LogP contribution in [-0.2, 0) is 6.42 Å². The SMILES string of the molecule is CC1CCN(CC2CCCc3ccccc32)CC1O. The van der Waals surface area contributed by atoms with Gasteiger partial charge in [0.25, 0.3) is 0 Å². The summed E-state index contributed by atoms with van der Waals surface area (Å²) in [4.78, 5) is 2.47. The Balaban J connectivity index is 1.68. The summed E-state index contributed by atoms with van der Waals surface area (Å²) in [5, 5.41) is 10.0. The van der Waals surface area contributed by atoms with E-state index in [0.717, 1.165) is 26.1 Å². The summed E-state index contributed by atoms with van der Waals surface area (Å²) >= 11 is 0. The maximum absolute atomic E-state index is 10.0. The summed E-state index contributed by atoms with van der Waals surface area (Å²) in [6, 6.07) is 8.93. The van der Waals surface area contributed by atoms with E-state index in [2.05, 4.69) is 36.1 Å². The minimum atomic E-state index is -0.132. The van der Waals surface area contributed by atoms with Gasteiger partial charge in [-0.25, -0.2) is 0 Å². The molecule has 1 N–H and O–H groups in total. The van der Waals surface area contributed by atoms with E-state index in [1.54, 1.807) is 11.1 Å². The molecular weight excluding hydrogens is 234 g/mol. The second-order valence-electron chi connectivity index (χ2n) is 6.38. The Bertz CT molecular complexity index is 431. The Morgan fingerprint density at radius 1 is 1.26 bits per heavy atom. The summed E-state index contributed by atoms with van der Waals surface area (Å²) in [7, 11) is 0. The van der Waals surface area contributed by atoms with Crippen molar-refractivity contribution < 1.29 is 5.11 Å². The van der Waals surface area contributed by atoms with Gasteiger partial charge in [0.15, 0.2) is 0 Å². The first-order valence-corrected chi connectivity index (χ1v) is 7.72. The Morgan fingerprint density at radius 3 is 2.95 bits per heavy atom. The van der Waals surface area contributed by atoms with Gasteiger partial charge in [-0.2, -0.15) is 0 Å². The van der Waals surface area contributed by atoms with E-state index in [4.69, 9.17) is 0 Å². The molecule has 1 aromatic carbocycles. The van der Waals surface area contributed by atoms with Crippen LogP contribution in [0, 0.1) is 5.92 Å². The molecule has 104 valence electrons. The molecular formula is C17H25NO. The lowest BCUT2D eigenvalue weighted by atomic mass is 9.82. The zero-order chi connectivity index (χ0) is 13.2. The quantitative estimate of drug-likeness (QED) is 0.883. The predicted molar refractivity (Wildman–Crippen MR) is 78.3 cm³/mol. The van der Waals surface area contributed by atoms with Crippen LogP contribution in [0.3, 0.4) is 0 Å². The van der Waals surface area contributed by atoms with Crippen molar-refractivity contribution in [1.82, 2.24) is 4.90 Å². The highest BCUT2D eigenvalue weighted by molar-refractivity contribution is 5.32. The topological polar surface area (TPSA) is 23.5 Å². The maximum atomic E-state index is 10.0. The lowest BCUT2D eigenvalue weighted by Gasteiger charge is -2.37. The van der Waals surface area contributed by atoms with E-state index in [1.165, 1.54) is 19.3 Å². The molecule has 3 atom stereocenters. The van der Waals surface area contributed by atoms with Crippen LogP contribution >= 0.6 is 0 Å². The van der Waals surface area contributed by atoms with Crippen LogP contribution in [0.2, 0.25) is 0 Å². The van der Waals surface area contributed by atoms with Crippen molar-refractivity contribution in [1.29, 1.82) is 0 Å². The van der Waals surface area contributed by atoms with E-state index in [1.807, 2.05) is 0 Å². The number of hydrogen-bond donors (Lipinski definition) is 1. The second kappa shape index (κ2) is 5.64. The van der Waals surface area contributed by atoms with Gasteiger partial charge in [-0.15, -0.1) is 0 Å². The van der Waals surface area contributed by atoms with E-state index in [9.17, 15) is 5.11 Å². The Morgan fingerprint density at radius 2 is 2.11 bits per heavy atom. The minimum Gasteiger partial charge on any atom is -0.392 e. The monoisotopic (exact) mass is 259 g/mol. The molecule has 3 rings (SSSR count). The first-order valence-electron chi connectivity index (χ1n) is 7.72. The predicted octanol–water partition coefficient (Wildman–Crippen LogP) is 2.81. The number of likely N-dealkylation sites (tertiary alicyclic amines) is 1. The van der Waals surface area contributed by atoms with Gasteiger partial charge >= 0.3 is 0 Å². The Hall–Kier alpha value is -0.860. The van der Waals surface area contributed by atoms with Crippen LogP contribution < -0.4 is 0 Å². The molecule has 0 saturated carbocycles. The molecule has 1 fully saturated rings. The van der Waals surface area contributed by atoms with Gasteiger partial charge in [0.05, 0.1) is 6.10 Å². The van der Waals surface area contributed by atoms with Crippen LogP contribution in [0.15, 0.2) is 24.3 Å². The van der Waals surface area contributed by atoms with Crippen LogP contribution in [0.25, 0.3) is 0 Å². The lowest BCUT2D eigenvalue weighted by Crippen LogP contribution is -2.44. The highest BCUT2D eigenvalue weighted by atomic mass is 16.3. The van der Waals surface area contributed by atoms with Gasteiger partial charge in [0.1, 0.15) is 0 Å². The fourth-order valence-electron chi connectivity index (χ4n) is 3.64. The average molecular weight is 259 g/mol. The number of fused-ring (bicyclic) bond motifs is 1. The minimum absolute atomic E-state index is 0.132. The number of nitrogens with zero attached hydrogens (tertiary/aromatic N) is 1. The van der Waals surface area contributed by atoms with Crippen molar-refractivity contribution in [3.8, 4) is 0 Å². The molecule has 1 heterocycles. The smallest absolute Gasteiger partial charge is 0.0693 e. The molecule has 1 aliphatic carbocycles. The number of hydrogen-bond acceptors (Lipinski definition) is 2. The van der Waals surface area contributed by atoms with E-state index < -0.39 is 0 Å². The zero-order valence-electron chi connectivity index (χ0n) is 11.9. The lowest BCUT2D eigenvalue weighted by molar-refractivity contribution is 0.0261. The number of aryl methyl sites for hydroxylation is 1. The number of piperidine rings is 1. The molecule has 2 aliphatic rings. The van der Waals surface area contributed by atoms with E-state index in [0.29, 0.717) is 11.8 Å². The Kier molecular flexibility index (Phi) is 3.90. The van der Waals surface area contributed by atoms with Crippen molar-refractivity contribution in [2.24, 2.45) is 5.92 Å². The molecule has 1 aliphatic heterocycles. The summed E-state index contributed by atoms with van der Waals surface area (Å²) < 4.78 is 0. The van der Waals surface area contributed by atoms with Crippen molar-refractivity contribution in [3.05, 3.63) is 35.4 Å². The van der Waals surface area contributed by atoms with Crippen molar-refractivity contribution in [3.63, 3.8) is 0 Å². The zero-order valence-corrected chi connectivity index (χ0v) is 11.9. The third-order valence-electron chi connectivity index (χ3n) is 4.97. The first kappa shape index (κ1) is 13.1. The van der Waals surface area contributed by atoms with Crippen molar-refractivity contribution in [2.75, 3.05) is 19.6 Å². The molecule has 1 saturated heterocycles. The molecule has 0 bridgehead atoms. The van der Waals surface area contributed by atoms with E-state index >= 15 is 0 Å².